The number of carboxylic acids is 1. The monoisotopic (exact) mass is 266 g/mol. The van der Waals surface area contributed by atoms with Crippen LogP contribution < -0.4 is 5.32 Å². The number of carbonyl (C=O) groups is 2. The standard InChI is InChI=1S/C13H18N2O4/c1-13(2,6-5-11(16)17)14-12(18)9-7-10(19-15-9)8-3-4-8/h7-8H,3-6H2,1-2H3,(H,14,18)(H,16,17). The van der Waals surface area contributed by atoms with E-state index in [1.165, 1.54) is 0 Å². The molecule has 1 aliphatic carbocycles. The van der Waals surface area contributed by atoms with Gasteiger partial charge in [-0.25, -0.2) is 0 Å². The van der Waals surface area contributed by atoms with Gasteiger partial charge in [-0.1, -0.05) is 5.16 Å². The van der Waals surface area contributed by atoms with Gasteiger partial charge in [-0.05, 0) is 33.1 Å². The summed E-state index contributed by atoms with van der Waals surface area (Å²) >= 11 is 0. The van der Waals surface area contributed by atoms with Crippen molar-refractivity contribution < 1.29 is 19.2 Å². The highest BCUT2D eigenvalue weighted by atomic mass is 16.5. The second-order valence-corrected chi connectivity index (χ2v) is 5.62. The summed E-state index contributed by atoms with van der Waals surface area (Å²) in [6, 6.07) is 1.67. The SMILES string of the molecule is CC(C)(CCC(=O)O)NC(=O)c1cc(C2CC2)on1. The van der Waals surface area contributed by atoms with Crippen molar-refractivity contribution in [1.82, 2.24) is 10.5 Å². The van der Waals surface area contributed by atoms with Gasteiger partial charge in [0.1, 0.15) is 5.76 Å². The third kappa shape index (κ3) is 3.81. The van der Waals surface area contributed by atoms with Gasteiger partial charge in [0.05, 0.1) is 0 Å². The number of amides is 1. The Morgan fingerprint density at radius 3 is 2.79 bits per heavy atom. The predicted molar refractivity (Wildman–Crippen MR) is 66.9 cm³/mol. The number of carboxylic acid groups (broad SMARTS) is 1. The van der Waals surface area contributed by atoms with Crippen LogP contribution in [-0.4, -0.2) is 27.7 Å². The van der Waals surface area contributed by atoms with Crippen molar-refractivity contribution >= 4 is 11.9 Å². The molecule has 2 N–H and O–H groups in total. The minimum atomic E-state index is -0.875. The molecule has 1 heterocycles. The maximum absolute atomic E-state index is 12.0. The molecule has 0 radical (unpaired) electrons. The fourth-order valence-corrected chi connectivity index (χ4v) is 1.81. The average Bonchev–Trinajstić information content (AvgIpc) is 3.04. The Morgan fingerprint density at radius 2 is 2.21 bits per heavy atom. The van der Waals surface area contributed by atoms with Crippen LogP contribution in [0.5, 0.6) is 0 Å². The molecule has 0 unspecified atom stereocenters. The molecule has 2 rings (SSSR count). The number of aromatic nitrogens is 1. The van der Waals surface area contributed by atoms with Crippen molar-refractivity contribution in [3.8, 4) is 0 Å². The summed E-state index contributed by atoms with van der Waals surface area (Å²) in [4.78, 5) is 22.5. The van der Waals surface area contributed by atoms with Crippen LogP contribution in [0.15, 0.2) is 10.6 Å². The maximum Gasteiger partial charge on any atom is 0.303 e. The van der Waals surface area contributed by atoms with Crippen LogP contribution in [0.1, 0.15) is 61.7 Å². The zero-order valence-corrected chi connectivity index (χ0v) is 11.1. The van der Waals surface area contributed by atoms with Gasteiger partial charge in [-0.15, -0.1) is 0 Å². The van der Waals surface area contributed by atoms with Crippen LogP contribution in [0.2, 0.25) is 0 Å². The van der Waals surface area contributed by atoms with Crippen molar-refractivity contribution in [2.75, 3.05) is 0 Å². The van der Waals surface area contributed by atoms with E-state index in [0.717, 1.165) is 18.6 Å². The Bertz CT molecular complexity index is 489. The molecule has 1 saturated carbocycles. The Labute approximate surface area is 111 Å². The summed E-state index contributed by atoms with van der Waals surface area (Å²) in [5, 5.41) is 15.2. The molecule has 0 saturated heterocycles. The van der Waals surface area contributed by atoms with Crippen molar-refractivity contribution in [1.29, 1.82) is 0 Å². The van der Waals surface area contributed by atoms with Gasteiger partial charge in [0.2, 0.25) is 0 Å². The second-order valence-electron chi connectivity index (χ2n) is 5.62. The van der Waals surface area contributed by atoms with Gasteiger partial charge in [0.25, 0.3) is 5.91 Å². The minimum absolute atomic E-state index is 0.0133. The van der Waals surface area contributed by atoms with Crippen LogP contribution in [0, 0.1) is 0 Å². The van der Waals surface area contributed by atoms with E-state index in [-0.39, 0.29) is 18.0 Å². The maximum atomic E-state index is 12.0. The van der Waals surface area contributed by atoms with E-state index in [9.17, 15) is 9.59 Å². The number of hydrogen-bond donors (Lipinski definition) is 2. The first kappa shape index (κ1) is 13.6. The first-order chi connectivity index (χ1) is 8.87. The lowest BCUT2D eigenvalue weighted by Gasteiger charge is -2.24. The lowest BCUT2D eigenvalue weighted by molar-refractivity contribution is -0.137. The molecular weight excluding hydrogens is 248 g/mol. The minimum Gasteiger partial charge on any atom is -0.481 e. The fraction of sp³-hybridized carbons (Fsp3) is 0.615. The summed E-state index contributed by atoms with van der Waals surface area (Å²) in [5.41, 5.74) is -0.334. The highest BCUT2D eigenvalue weighted by Gasteiger charge is 2.30. The average molecular weight is 266 g/mol. The summed E-state index contributed by atoms with van der Waals surface area (Å²) in [6.45, 7) is 3.57. The van der Waals surface area contributed by atoms with Crippen LogP contribution in [-0.2, 0) is 4.79 Å². The normalized spacial score (nSPS) is 15.3. The molecule has 6 heteroatoms. The van der Waals surface area contributed by atoms with Crippen LogP contribution >= 0.6 is 0 Å². The summed E-state index contributed by atoms with van der Waals surface area (Å²) in [5.74, 6) is -0.0339. The smallest absolute Gasteiger partial charge is 0.303 e. The molecule has 6 nitrogen and oxygen atoms in total. The largest absolute Gasteiger partial charge is 0.481 e. The second kappa shape index (κ2) is 5.03. The van der Waals surface area contributed by atoms with Crippen molar-refractivity contribution in [3.05, 3.63) is 17.5 Å². The zero-order valence-electron chi connectivity index (χ0n) is 11.1. The topological polar surface area (TPSA) is 92.4 Å². The third-order valence-electron chi connectivity index (χ3n) is 3.16. The first-order valence-electron chi connectivity index (χ1n) is 6.38. The highest BCUT2D eigenvalue weighted by molar-refractivity contribution is 5.92. The number of nitrogens with zero attached hydrogens (tertiary/aromatic N) is 1. The number of aliphatic carboxylic acids is 1. The summed E-state index contributed by atoms with van der Waals surface area (Å²) < 4.78 is 5.12. The molecule has 1 aromatic heterocycles. The Hall–Kier alpha value is -1.85. The molecule has 0 spiro atoms. The van der Waals surface area contributed by atoms with E-state index in [4.69, 9.17) is 9.63 Å². The Morgan fingerprint density at radius 1 is 1.53 bits per heavy atom. The van der Waals surface area contributed by atoms with Crippen molar-refractivity contribution in [3.63, 3.8) is 0 Å². The molecule has 104 valence electrons. The van der Waals surface area contributed by atoms with Crippen LogP contribution in [0.3, 0.4) is 0 Å². The fourth-order valence-electron chi connectivity index (χ4n) is 1.81. The lowest BCUT2D eigenvalue weighted by Crippen LogP contribution is -2.43. The van der Waals surface area contributed by atoms with Gasteiger partial charge in [0, 0.05) is 23.9 Å². The number of hydrogen-bond acceptors (Lipinski definition) is 4. The number of nitrogens with one attached hydrogen (secondary N) is 1. The molecule has 0 atom stereocenters. The molecule has 0 bridgehead atoms. The van der Waals surface area contributed by atoms with Crippen molar-refractivity contribution in [2.24, 2.45) is 0 Å². The lowest BCUT2D eigenvalue weighted by atomic mass is 9.98. The van der Waals surface area contributed by atoms with Crippen LogP contribution in [0.4, 0.5) is 0 Å². The van der Waals surface area contributed by atoms with Crippen LogP contribution in [0.25, 0.3) is 0 Å². The molecule has 1 fully saturated rings. The number of carbonyl (C=O) groups excluding carboxylic acids is 1. The summed E-state index contributed by atoms with van der Waals surface area (Å²) in [6.07, 6.45) is 2.54. The number of rotatable bonds is 6. The molecule has 1 aliphatic rings. The van der Waals surface area contributed by atoms with E-state index >= 15 is 0 Å². The first-order valence-corrected chi connectivity index (χ1v) is 6.38. The van der Waals surface area contributed by atoms with Crippen molar-refractivity contribution in [2.45, 2.75) is 51.0 Å². The van der Waals surface area contributed by atoms with Gasteiger partial charge >= 0.3 is 5.97 Å². The molecular formula is C13H18N2O4. The third-order valence-corrected chi connectivity index (χ3v) is 3.16. The molecule has 0 aromatic carbocycles. The van der Waals surface area contributed by atoms with Gasteiger partial charge < -0.3 is 14.9 Å². The van der Waals surface area contributed by atoms with E-state index in [1.54, 1.807) is 19.9 Å². The molecule has 1 amide bonds. The van der Waals surface area contributed by atoms with E-state index < -0.39 is 11.5 Å². The zero-order chi connectivity index (χ0) is 14.0. The van der Waals surface area contributed by atoms with E-state index in [0.29, 0.717) is 12.3 Å². The Balaban J connectivity index is 1.92. The van der Waals surface area contributed by atoms with Gasteiger partial charge in [0.15, 0.2) is 5.69 Å². The molecule has 1 aromatic rings. The quantitative estimate of drug-likeness (QED) is 0.820. The van der Waals surface area contributed by atoms with Gasteiger partial charge in [-0.2, -0.15) is 0 Å². The van der Waals surface area contributed by atoms with E-state index in [1.807, 2.05) is 0 Å². The van der Waals surface area contributed by atoms with E-state index in [2.05, 4.69) is 10.5 Å². The molecule has 19 heavy (non-hydrogen) atoms. The summed E-state index contributed by atoms with van der Waals surface area (Å²) in [7, 11) is 0. The Kier molecular flexibility index (Phi) is 3.59. The predicted octanol–water partition coefficient (Wildman–Crippen LogP) is 1.93. The van der Waals surface area contributed by atoms with Gasteiger partial charge in [-0.3, -0.25) is 9.59 Å². The molecule has 0 aliphatic heterocycles. The highest BCUT2D eigenvalue weighted by Crippen LogP contribution is 2.40.